The largest absolute Gasteiger partial charge is 0.465 e. The number of halogens is 3. The first-order valence-electron chi connectivity index (χ1n) is 23.1. The van der Waals surface area contributed by atoms with Crippen molar-refractivity contribution in [2.45, 2.75) is 6.92 Å². The van der Waals surface area contributed by atoms with Crippen LogP contribution in [-0.2, 0) is 28.7 Å². The Balaban J connectivity index is 0.000000219. The van der Waals surface area contributed by atoms with Gasteiger partial charge in [0.2, 0.25) is 11.8 Å². The number of carbonyl (C=O) groups excluding carboxylic acids is 7. The van der Waals surface area contributed by atoms with Gasteiger partial charge < -0.3 is 35.2 Å². The molecule has 0 spiro atoms. The molecule has 390 valence electrons. The van der Waals surface area contributed by atoms with Crippen LogP contribution in [0.4, 0.5) is 21.9 Å². The molecule has 0 fully saturated rings. The fourth-order valence-corrected chi connectivity index (χ4v) is 9.19. The molecule has 0 bridgehead atoms. The fourth-order valence-electron chi connectivity index (χ4n) is 7.02. The lowest BCUT2D eigenvalue weighted by Gasteiger charge is -2.21. The highest BCUT2D eigenvalue weighted by molar-refractivity contribution is 8.76. The van der Waals surface area contributed by atoms with Gasteiger partial charge in [0.1, 0.15) is 26.3 Å². The number of ketones is 2. The number of hydrogen-bond acceptors (Lipinski definition) is 12. The zero-order valence-electron chi connectivity index (χ0n) is 41.4. The van der Waals surface area contributed by atoms with E-state index in [1.807, 2.05) is 48.5 Å². The van der Waals surface area contributed by atoms with E-state index in [0.717, 1.165) is 22.5 Å². The van der Waals surface area contributed by atoms with E-state index in [1.54, 1.807) is 110 Å². The van der Waals surface area contributed by atoms with Crippen molar-refractivity contribution in [3.63, 3.8) is 0 Å². The number of amides is 4. The molecule has 1 aliphatic rings. The second kappa shape index (κ2) is 29.8. The van der Waals surface area contributed by atoms with Crippen molar-refractivity contribution >= 4 is 121 Å². The van der Waals surface area contributed by atoms with Crippen molar-refractivity contribution in [2.24, 2.45) is 4.99 Å². The molecule has 6 aromatic rings. The van der Waals surface area contributed by atoms with Gasteiger partial charge in [0.05, 0.1) is 22.8 Å². The average molecular weight is 1110 g/mol. The van der Waals surface area contributed by atoms with E-state index in [1.165, 1.54) is 51.4 Å². The molecule has 0 saturated heterocycles. The molecule has 1 aliphatic heterocycles. The highest BCUT2D eigenvalue weighted by atomic mass is 35.5. The van der Waals surface area contributed by atoms with Crippen molar-refractivity contribution in [3.05, 3.63) is 194 Å². The van der Waals surface area contributed by atoms with Crippen molar-refractivity contribution in [1.29, 1.82) is 0 Å². The molecule has 1 heterocycles. The average Bonchev–Trinajstić information content (AvgIpc) is 3.54. The summed E-state index contributed by atoms with van der Waals surface area (Å²) in [6.07, 6.45) is -0.719. The topological polar surface area (TPSA) is 200 Å². The van der Waals surface area contributed by atoms with Crippen molar-refractivity contribution in [3.8, 4) is 0 Å². The second-order valence-electron chi connectivity index (χ2n) is 16.0. The Hall–Kier alpha value is -6.99. The zero-order chi connectivity index (χ0) is 54.4. The number of fused-ring (bicyclic) bond motifs is 1. The molecule has 0 saturated carbocycles. The SMILES string of the molecule is CC(=O)OCCSSCCOC(=O)NCC(=O)N(C)c1ccc(Cl)cc1C(=O)c1ccccc1.CN(C(=O)C[NH3+])c1ccc(Cl)cc1C(=O)c1ccccc1.CN1C(=O)CN=C(c2ccccc2)c2cc(Cl)ccc21. The Bertz CT molecular complexity index is 3010. The number of nitrogens with zero attached hydrogens (tertiary/aromatic N) is 4. The smallest absolute Gasteiger partial charge is 0.407 e. The highest BCUT2D eigenvalue weighted by Gasteiger charge is 2.24. The number of quaternary nitrogens is 1. The quantitative estimate of drug-likeness (QED) is 0.0382. The Kier molecular flexibility index (Phi) is 23.4. The van der Waals surface area contributed by atoms with Gasteiger partial charge in [-0.2, -0.15) is 0 Å². The number of hydrogen-bond donors (Lipinski definition) is 2. The molecule has 7 rings (SSSR count). The lowest BCUT2D eigenvalue weighted by atomic mass is 10.0. The van der Waals surface area contributed by atoms with E-state index in [0.29, 0.717) is 61.2 Å². The number of alkyl carbamates (subject to hydrolysis) is 1. The Labute approximate surface area is 458 Å². The molecule has 20 heteroatoms. The first-order valence-corrected chi connectivity index (χ1v) is 26.7. The summed E-state index contributed by atoms with van der Waals surface area (Å²) in [6.45, 7) is 1.81. The van der Waals surface area contributed by atoms with Crippen LogP contribution in [0.25, 0.3) is 0 Å². The number of ether oxygens (including phenoxy) is 2. The van der Waals surface area contributed by atoms with E-state index < -0.39 is 12.0 Å². The minimum atomic E-state index is -0.719. The number of benzodiazepines with no additional fused rings is 1. The molecule has 15 nitrogen and oxygen atoms in total. The predicted molar refractivity (Wildman–Crippen MR) is 300 cm³/mol. The molecule has 75 heavy (non-hydrogen) atoms. The summed E-state index contributed by atoms with van der Waals surface area (Å²) in [5, 5.41) is 3.87. The van der Waals surface area contributed by atoms with Gasteiger partial charge in [-0.15, -0.1) is 0 Å². The van der Waals surface area contributed by atoms with Crippen LogP contribution in [0, 0.1) is 0 Å². The summed E-state index contributed by atoms with van der Waals surface area (Å²) in [5.74, 6) is -0.208. The number of esters is 1. The number of aliphatic imine (C=N–C) groups is 1. The number of rotatable bonds is 17. The van der Waals surface area contributed by atoms with Crippen molar-refractivity contribution in [1.82, 2.24) is 5.32 Å². The molecule has 0 atom stereocenters. The van der Waals surface area contributed by atoms with Crippen LogP contribution in [0.15, 0.2) is 151 Å². The molecule has 4 amide bonds. The van der Waals surface area contributed by atoms with Crippen LogP contribution in [0.2, 0.25) is 15.1 Å². The maximum Gasteiger partial charge on any atom is 0.407 e. The Morgan fingerprint density at radius 1 is 0.653 bits per heavy atom. The van der Waals surface area contributed by atoms with Gasteiger partial charge in [-0.05, 0) is 54.6 Å². The monoisotopic (exact) mass is 1110 g/mol. The summed E-state index contributed by atoms with van der Waals surface area (Å²) in [6, 6.07) is 42.5. The molecule has 0 aromatic heterocycles. The summed E-state index contributed by atoms with van der Waals surface area (Å²) in [4.78, 5) is 93.4. The van der Waals surface area contributed by atoms with Gasteiger partial charge in [-0.25, -0.2) is 4.79 Å². The summed E-state index contributed by atoms with van der Waals surface area (Å²) >= 11 is 18.2. The van der Waals surface area contributed by atoms with E-state index >= 15 is 0 Å². The minimum absolute atomic E-state index is 0.0282. The summed E-state index contributed by atoms with van der Waals surface area (Å²) < 4.78 is 9.86. The molecular formula is C55H54Cl3N6O9S2+. The van der Waals surface area contributed by atoms with Gasteiger partial charge in [0.25, 0.3) is 5.91 Å². The number of carbonyl (C=O) groups is 7. The Morgan fingerprint density at radius 3 is 1.63 bits per heavy atom. The molecule has 4 N–H and O–H groups in total. The lowest BCUT2D eigenvalue weighted by molar-refractivity contribution is -0.354. The summed E-state index contributed by atoms with van der Waals surface area (Å²) in [5.41, 5.74) is 9.70. The third-order valence-corrected chi connectivity index (χ3v) is 13.9. The maximum absolute atomic E-state index is 13.0. The highest BCUT2D eigenvalue weighted by Crippen LogP contribution is 2.30. The molecular weight excluding hydrogens is 1060 g/mol. The number of nitrogens with one attached hydrogen (secondary N) is 1. The van der Waals surface area contributed by atoms with Crippen LogP contribution in [0.3, 0.4) is 0 Å². The van der Waals surface area contributed by atoms with Gasteiger partial charge >= 0.3 is 12.1 Å². The molecule has 6 aromatic carbocycles. The minimum Gasteiger partial charge on any atom is -0.465 e. The fraction of sp³-hybridized carbons (Fsp3) is 0.200. The van der Waals surface area contributed by atoms with Crippen LogP contribution >= 0.6 is 56.4 Å². The molecule has 0 radical (unpaired) electrons. The van der Waals surface area contributed by atoms with Crippen LogP contribution < -0.4 is 25.8 Å². The van der Waals surface area contributed by atoms with E-state index in [-0.39, 0.29) is 61.2 Å². The summed E-state index contributed by atoms with van der Waals surface area (Å²) in [7, 11) is 7.88. The maximum atomic E-state index is 13.0. The lowest BCUT2D eigenvalue weighted by Crippen LogP contribution is -2.57. The van der Waals surface area contributed by atoms with Gasteiger partial charge in [0, 0.05) is 88.0 Å². The first kappa shape index (κ1) is 58.9. The number of benzene rings is 6. The van der Waals surface area contributed by atoms with Crippen molar-refractivity contribution < 1.29 is 48.8 Å². The number of likely N-dealkylation sites (N-methyl/N-ethyl adjacent to an activating group) is 3. The normalized spacial score (nSPS) is 11.4. The van der Waals surface area contributed by atoms with Crippen LogP contribution in [0.5, 0.6) is 0 Å². The number of anilines is 3. The van der Waals surface area contributed by atoms with Gasteiger partial charge in [0.15, 0.2) is 18.1 Å². The standard InChI is InChI=1S/C23H25ClN2O6S2.C16H15ClN2O2.C16H13ClN2O/c1-16(27)31-10-12-33-34-13-11-32-23(30)25-15-21(28)26(2)20-9-8-18(24)14-19(20)22(29)17-6-4-3-5-7-17;1-19(15(20)10-18)14-8-7-12(17)9-13(14)16(21)11-5-3-2-4-6-11;1-19-14-8-7-12(17)9-13(14)16(18-10-15(19)20)11-5-3-2-4-6-11/h3-9,14H,10-13,15H2,1-2H3,(H,25,30);2-9H,10,18H2,1H3;2-9H,10H2,1H3/p+1. The van der Waals surface area contributed by atoms with E-state index in [2.05, 4.69) is 16.0 Å². The van der Waals surface area contributed by atoms with Gasteiger partial charge in [-0.1, -0.05) is 147 Å². The first-order chi connectivity index (χ1) is 36.0. The van der Waals surface area contributed by atoms with Crippen LogP contribution in [0.1, 0.15) is 49.9 Å². The second-order valence-corrected chi connectivity index (χ2v) is 20.0. The van der Waals surface area contributed by atoms with Crippen molar-refractivity contribution in [2.75, 3.05) is 80.2 Å². The molecule has 0 aliphatic carbocycles. The third kappa shape index (κ3) is 17.6. The Morgan fingerprint density at radius 2 is 1.12 bits per heavy atom. The van der Waals surface area contributed by atoms with E-state index in [4.69, 9.17) is 44.3 Å². The molecule has 0 unspecified atom stereocenters. The van der Waals surface area contributed by atoms with E-state index in [9.17, 15) is 33.6 Å². The predicted octanol–water partition coefficient (Wildman–Crippen LogP) is 9.13. The third-order valence-electron chi connectivity index (χ3n) is 10.9. The van der Waals surface area contributed by atoms with Crippen LogP contribution in [-0.4, -0.2) is 113 Å². The zero-order valence-corrected chi connectivity index (χ0v) is 45.3. The van der Waals surface area contributed by atoms with Gasteiger partial charge in [-0.3, -0.25) is 33.8 Å².